The van der Waals surface area contributed by atoms with Gasteiger partial charge in [0.1, 0.15) is 5.78 Å². The van der Waals surface area contributed by atoms with Crippen molar-refractivity contribution in [2.24, 2.45) is 0 Å². The average molecular weight is 331 g/mol. The summed E-state index contributed by atoms with van der Waals surface area (Å²) in [6, 6.07) is 7.64. The number of ketones is 2. The quantitative estimate of drug-likeness (QED) is 0.762. The van der Waals surface area contributed by atoms with Crippen LogP contribution in [-0.2, 0) is 15.0 Å². The summed E-state index contributed by atoms with van der Waals surface area (Å²) in [6.45, 7) is 0. The molecule has 0 spiro atoms. The van der Waals surface area contributed by atoms with Gasteiger partial charge in [0, 0.05) is 17.9 Å². The molecule has 1 aromatic carbocycles. The molecule has 0 aromatic heterocycles. The number of carbonyl (C=O) groups is 2. The fraction of sp³-hybridized carbons (Fsp3) is 0.500. The van der Waals surface area contributed by atoms with Crippen LogP contribution < -0.4 is 0 Å². The molecule has 0 heterocycles. The minimum atomic E-state index is -0.395. The molecular formula is C20H23ClO2. The second kappa shape index (κ2) is 7.00. The summed E-state index contributed by atoms with van der Waals surface area (Å²) in [6.07, 6.45) is 9.83. The summed E-state index contributed by atoms with van der Waals surface area (Å²) in [5, 5.41) is 0.688. The minimum Gasteiger partial charge on any atom is -0.298 e. The summed E-state index contributed by atoms with van der Waals surface area (Å²) in [5.41, 5.74) is 1.40. The van der Waals surface area contributed by atoms with Gasteiger partial charge < -0.3 is 0 Å². The number of allylic oxidation sites excluding steroid dienone is 2. The van der Waals surface area contributed by atoms with E-state index in [0.717, 1.165) is 56.1 Å². The molecule has 2 aliphatic rings. The molecule has 0 amide bonds. The van der Waals surface area contributed by atoms with Crippen LogP contribution in [0.15, 0.2) is 35.9 Å². The summed E-state index contributed by atoms with van der Waals surface area (Å²) in [7, 11) is 0. The van der Waals surface area contributed by atoms with Crippen LogP contribution in [-0.4, -0.2) is 11.6 Å². The Morgan fingerprint density at radius 1 is 1.04 bits per heavy atom. The van der Waals surface area contributed by atoms with Crippen molar-refractivity contribution in [3.63, 3.8) is 0 Å². The first-order valence-corrected chi connectivity index (χ1v) is 9.01. The van der Waals surface area contributed by atoms with Crippen LogP contribution in [0.2, 0.25) is 5.02 Å². The molecule has 2 aliphatic carbocycles. The molecule has 122 valence electrons. The Morgan fingerprint density at radius 3 is 2.43 bits per heavy atom. The molecule has 0 N–H and O–H groups in total. The van der Waals surface area contributed by atoms with E-state index in [4.69, 9.17) is 11.6 Å². The molecule has 0 saturated heterocycles. The Hall–Kier alpha value is -1.41. The largest absolute Gasteiger partial charge is 0.298 e. The molecule has 0 unspecified atom stereocenters. The summed E-state index contributed by atoms with van der Waals surface area (Å²) >= 11 is 5.97. The van der Waals surface area contributed by atoms with Crippen LogP contribution in [0.25, 0.3) is 0 Å². The SMILES string of the molecule is O=C1CCCCCC=C1CC(=O)C1(c2ccc(Cl)cc2)CCC1. The number of carbonyl (C=O) groups excluding carboxylic acids is 2. The minimum absolute atomic E-state index is 0.170. The van der Waals surface area contributed by atoms with E-state index in [9.17, 15) is 9.59 Å². The molecule has 1 aromatic rings. The lowest BCUT2D eigenvalue weighted by Crippen LogP contribution is -2.42. The first-order valence-electron chi connectivity index (χ1n) is 8.63. The smallest absolute Gasteiger partial charge is 0.158 e. The third-order valence-electron chi connectivity index (χ3n) is 5.35. The zero-order valence-corrected chi connectivity index (χ0v) is 14.2. The highest BCUT2D eigenvalue weighted by Gasteiger charge is 2.45. The molecular weight excluding hydrogens is 308 g/mol. The molecule has 3 rings (SSSR count). The molecule has 0 aliphatic heterocycles. The van der Waals surface area contributed by atoms with E-state index in [2.05, 4.69) is 0 Å². The maximum absolute atomic E-state index is 13.0. The summed E-state index contributed by atoms with van der Waals surface area (Å²) in [4.78, 5) is 25.3. The summed E-state index contributed by atoms with van der Waals surface area (Å²) < 4.78 is 0. The fourth-order valence-electron chi connectivity index (χ4n) is 3.70. The van der Waals surface area contributed by atoms with Crippen LogP contribution >= 0.6 is 11.6 Å². The van der Waals surface area contributed by atoms with Crippen molar-refractivity contribution >= 4 is 23.2 Å². The number of hydrogen-bond acceptors (Lipinski definition) is 2. The lowest BCUT2D eigenvalue weighted by molar-refractivity contribution is -0.128. The van der Waals surface area contributed by atoms with E-state index in [1.165, 1.54) is 0 Å². The molecule has 1 fully saturated rings. The van der Waals surface area contributed by atoms with Crippen LogP contribution in [0.5, 0.6) is 0 Å². The number of Topliss-reactive ketones (excluding diaryl/α,β-unsaturated/α-hetero) is 2. The maximum Gasteiger partial charge on any atom is 0.158 e. The van der Waals surface area contributed by atoms with Crippen molar-refractivity contribution in [2.75, 3.05) is 0 Å². The van der Waals surface area contributed by atoms with Crippen molar-refractivity contribution in [3.8, 4) is 0 Å². The second-order valence-electron chi connectivity index (χ2n) is 6.79. The number of hydrogen-bond donors (Lipinski definition) is 0. The van der Waals surface area contributed by atoms with Gasteiger partial charge in [0.05, 0.1) is 5.41 Å². The van der Waals surface area contributed by atoms with Gasteiger partial charge in [-0.3, -0.25) is 9.59 Å². The molecule has 2 nitrogen and oxygen atoms in total. The van der Waals surface area contributed by atoms with E-state index in [1.807, 2.05) is 30.3 Å². The third-order valence-corrected chi connectivity index (χ3v) is 5.60. The van der Waals surface area contributed by atoms with Crippen molar-refractivity contribution in [1.29, 1.82) is 0 Å². The van der Waals surface area contributed by atoms with Crippen molar-refractivity contribution in [3.05, 3.63) is 46.5 Å². The van der Waals surface area contributed by atoms with Crippen molar-refractivity contribution < 1.29 is 9.59 Å². The van der Waals surface area contributed by atoms with Gasteiger partial charge in [-0.1, -0.05) is 42.7 Å². The Bertz CT molecular complexity index is 624. The van der Waals surface area contributed by atoms with Gasteiger partial charge in [-0.2, -0.15) is 0 Å². The molecule has 1 saturated carbocycles. The summed E-state index contributed by atoms with van der Waals surface area (Å²) in [5.74, 6) is 0.370. The van der Waals surface area contributed by atoms with Crippen LogP contribution in [0, 0.1) is 0 Å². The topological polar surface area (TPSA) is 34.1 Å². The Morgan fingerprint density at radius 2 is 1.78 bits per heavy atom. The maximum atomic E-state index is 13.0. The Labute approximate surface area is 142 Å². The Kier molecular flexibility index (Phi) is 5.01. The van der Waals surface area contributed by atoms with E-state index >= 15 is 0 Å². The van der Waals surface area contributed by atoms with Crippen LogP contribution in [0.3, 0.4) is 0 Å². The highest BCUT2D eigenvalue weighted by molar-refractivity contribution is 6.30. The zero-order valence-electron chi connectivity index (χ0n) is 13.4. The predicted molar refractivity (Wildman–Crippen MR) is 92.8 cm³/mol. The highest BCUT2D eigenvalue weighted by Crippen LogP contribution is 2.46. The zero-order chi connectivity index (χ0) is 16.3. The van der Waals surface area contributed by atoms with E-state index in [-0.39, 0.29) is 11.6 Å². The van der Waals surface area contributed by atoms with Gasteiger partial charge in [0.15, 0.2) is 5.78 Å². The predicted octanol–water partition coefficient (Wildman–Crippen LogP) is 5.18. The highest BCUT2D eigenvalue weighted by atomic mass is 35.5. The first kappa shape index (κ1) is 16.4. The first-order chi connectivity index (χ1) is 11.1. The second-order valence-corrected chi connectivity index (χ2v) is 7.23. The lowest BCUT2D eigenvalue weighted by atomic mass is 9.61. The van der Waals surface area contributed by atoms with Gasteiger partial charge in [0.25, 0.3) is 0 Å². The standard InChI is InChI=1S/C20H23ClO2/c21-17-10-8-16(9-11-17)20(12-5-13-20)19(23)14-15-6-3-1-2-4-7-18(15)22/h6,8-11H,1-5,7,12-14H2. The van der Waals surface area contributed by atoms with Gasteiger partial charge in [-0.25, -0.2) is 0 Å². The van der Waals surface area contributed by atoms with E-state index < -0.39 is 5.41 Å². The van der Waals surface area contributed by atoms with Gasteiger partial charge >= 0.3 is 0 Å². The van der Waals surface area contributed by atoms with Gasteiger partial charge in [0.2, 0.25) is 0 Å². The van der Waals surface area contributed by atoms with Crippen molar-refractivity contribution in [1.82, 2.24) is 0 Å². The number of benzene rings is 1. The lowest BCUT2D eigenvalue weighted by Gasteiger charge is -2.41. The van der Waals surface area contributed by atoms with Gasteiger partial charge in [-0.15, -0.1) is 0 Å². The van der Waals surface area contributed by atoms with Crippen LogP contribution in [0.1, 0.15) is 63.4 Å². The van der Waals surface area contributed by atoms with Crippen LogP contribution in [0.4, 0.5) is 0 Å². The molecule has 3 heteroatoms. The third kappa shape index (κ3) is 3.42. The molecule has 0 bridgehead atoms. The monoisotopic (exact) mass is 330 g/mol. The average Bonchev–Trinajstić information content (AvgIpc) is 2.48. The molecule has 0 atom stereocenters. The van der Waals surface area contributed by atoms with Gasteiger partial charge in [-0.05, 0) is 55.4 Å². The number of rotatable bonds is 4. The normalized spacial score (nSPS) is 20.9. The Balaban J connectivity index is 1.80. The van der Waals surface area contributed by atoms with Crippen molar-refractivity contribution in [2.45, 2.75) is 63.2 Å². The molecule has 23 heavy (non-hydrogen) atoms. The van der Waals surface area contributed by atoms with E-state index in [0.29, 0.717) is 17.9 Å². The molecule has 0 radical (unpaired) electrons. The van der Waals surface area contributed by atoms with E-state index in [1.54, 1.807) is 0 Å². The fourth-order valence-corrected chi connectivity index (χ4v) is 3.82. The number of halogens is 1.